The molecule has 0 aromatic carbocycles. The molecule has 5 heteroatoms. The topological polar surface area (TPSA) is 66.8 Å². The van der Waals surface area contributed by atoms with Crippen LogP contribution in [0.3, 0.4) is 0 Å². The smallest absolute Gasteiger partial charge is 0.303 e. The minimum atomic E-state index is -0.813. The fraction of sp³-hybridized carbons (Fsp3) is 0.818. The highest BCUT2D eigenvalue weighted by Gasteiger charge is 2.35. The number of carbonyl (C=O) groups excluding carboxylic acids is 1. The fourth-order valence-corrected chi connectivity index (χ4v) is 2.54. The van der Waals surface area contributed by atoms with Crippen LogP contribution in [0.25, 0.3) is 0 Å². The first kappa shape index (κ1) is 11.4. The molecule has 0 aromatic rings. The number of carbonyl (C=O) groups is 2. The fourth-order valence-electron chi connectivity index (χ4n) is 2.54. The van der Waals surface area contributed by atoms with Crippen molar-refractivity contribution in [1.82, 2.24) is 4.90 Å². The molecule has 0 aromatic heterocycles. The summed E-state index contributed by atoms with van der Waals surface area (Å²) in [5, 5.41) is 8.71. The van der Waals surface area contributed by atoms with E-state index in [2.05, 4.69) is 0 Å². The Labute approximate surface area is 94.4 Å². The lowest BCUT2D eigenvalue weighted by Crippen LogP contribution is -2.40. The van der Waals surface area contributed by atoms with Gasteiger partial charge in [0, 0.05) is 32.2 Å². The summed E-state index contributed by atoms with van der Waals surface area (Å²) in [6.45, 7) is 2.02. The van der Waals surface area contributed by atoms with Gasteiger partial charge in [-0.15, -0.1) is 0 Å². The van der Waals surface area contributed by atoms with Crippen molar-refractivity contribution in [1.29, 1.82) is 0 Å². The summed E-state index contributed by atoms with van der Waals surface area (Å²) in [5.74, 6) is -0.711. The van der Waals surface area contributed by atoms with E-state index in [0.717, 1.165) is 12.8 Å². The van der Waals surface area contributed by atoms with Crippen molar-refractivity contribution in [2.24, 2.45) is 5.92 Å². The number of carboxylic acids is 1. The first-order chi connectivity index (χ1) is 7.66. The van der Waals surface area contributed by atoms with Crippen LogP contribution in [0.4, 0.5) is 0 Å². The zero-order valence-electron chi connectivity index (χ0n) is 9.22. The SMILES string of the molecule is O=C(O)CC1CC(=O)N(C2CCOCC2)C1. The van der Waals surface area contributed by atoms with Crippen molar-refractivity contribution in [3.8, 4) is 0 Å². The van der Waals surface area contributed by atoms with E-state index < -0.39 is 5.97 Å². The van der Waals surface area contributed by atoms with Crippen molar-refractivity contribution in [3.05, 3.63) is 0 Å². The lowest BCUT2D eigenvalue weighted by atomic mass is 10.0. The second-order valence-corrected chi connectivity index (χ2v) is 4.56. The van der Waals surface area contributed by atoms with E-state index in [0.29, 0.717) is 26.2 Å². The van der Waals surface area contributed by atoms with E-state index in [-0.39, 0.29) is 24.3 Å². The molecule has 2 rings (SSSR count). The van der Waals surface area contributed by atoms with Crippen molar-refractivity contribution in [2.75, 3.05) is 19.8 Å². The number of nitrogens with zero attached hydrogens (tertiary/aromatic N) is 1. The van der Waals surface area contributed by atoms with Crippen molar-refractivity contribution in [3.63, 3.8) is 0 Å². The molecular weight excluding hydrogens is 210 g/mol. The second kappa shape index (κ2) is 4.82. The monoisotopic (exact) mass is 227 g/mol. The van der Waals surface area contributed by atoms with E-state index in [9.17, 15) is 9.59 Å². The molecule has 0 spiro atoms. The number of aliphatic carboxylic acids is 1. The largest absolute Gasteiger partial charge is 0.481 e. The number of ether oxygens (including phenoxy) is 1. The van der Waals surface area contributed by atoms with Crippen LogP contribution in [-0.4, -0.2) is 47.7 Å². The van der Waals surface area contributed by atoms with Gasteiger partial charge in [-0.25, -0.2) is 0 Å². The standard InChI is InChI=1S/C11H17NO4/c13-10-5-8(6-11(14)15)7-12(10)9-1-3-16-4-2-9/h8-9H,1-7H2,(H,14,15). The zero-order valence-corrected chi connectivity index (χ0v) is 9.22. The first-order valence-electron chi connectivity index (χ1n) is 5.76. The van der Waals surface area contributed by atoms with Gasteiger partial charge in [0.05, 0.1) is 6.42 Å². The Bertz CT molecular complexity index is 286. The van der Waals surface area contributed by atoms with Crippen LogP contribution in [0.1, 0.15) is 25.7 Å². The Morgan fingerprint density at radius 1 is 1.44 bits per heavy atom. The predicted octanol–water partition coefficient (Wildman–Crippen LogP) is 0.489. The first-order valence-corrected chi connectivity index (χ1v) is 5.76. The number of rotatable bonds is 3. The van der Waals surface area contributed by atoms with Gasteiger partial charge in [0.25, 0.3) is 0 Å². The zero-order chi connectivity index (χ0) is 11.5. The molecule has 0 aliphatic carbocycles. The van der Waals surface area contributed by atoms with Crippen LogP contribution >= 0.6 is 0 Å². The molecule has 1 atom stereocenters. The van der Waals surface area contributed by atoms with Crippen LogP contribution in [0.5, 0.6) is 0 Å². The molecule has 1 unspecified atom stereocenters. The average Bonchev–Trinajstić information content (AvgIpc) is 2.60. The minimum absolute atomic E-state index is 0.00663. The molecule has 16 heavy (non-hydrogen) atoms. The average molecular weight is 227 g/mol. The Kier molecular flexibility index (Phi) is 3.43. The van der Waals surface area contributed by atoms with Crippen LogP contribution in [-0.2, 0) is 14.3 Å². The van der Waals surface area contributed by atoms with E-state index in [4.69, 9.17) is 9.84 Å². The molecule has 1 N–H and O–H groups in total. The van der Waals surface area contributed by atoms with Crippen LogP contribution in [0.15, 0.2) is 0 Å². The molecule has 90 valence electrons. The predicted molar refractivity (Wildman–Crippen MR) is 55.9 cm³/mol. The van der Waals surface area contributed by atoms with Gasteiger partial charge < -0.3 is 14.7 Å². The maximum absolute atomic E-state index is 11.8. The van der Waals surface area contributed by atoms with Gasteiger partial charge in [-0.2, -0.15) is 0 Å². The summed E-state index contributed by atoms with van der Waals surface area (Å²) in [5.41, 5.74) is 0. The van der Waals surface area contributed by atoms with E-state index in [1.54, 1.807) is 0 Å². The maximum Gasteiger partial charge on any atom is 0.303 e. The summed E-state index contributed by atoms with van der Waals surface area (Å²) in [6.07, 6.45) is 2.26. The molecule has 2 saturated heterocycles. The van der Waals surface area contributed by atoms with E-state index >= 15 is 0 Å². The van der Waals surface area contributed by atoms with Gasteiger partial charge in [0.15, 0.2) is 0 Å². The van der Waals surface area contributed by atoms with E-state index in [1.165, 1.54) is 0 Å². The Hall–Kier alpha value is -1.10. The molecule has 0 bridgehead atoms. The Morgan fingerprint density at radius 3 is 2.75 bits per heavy atom. The summed E-state index contributed by atoms with van der Waals surface area (Å²) < 4.78 is 5.25. The minimum Gasteiger partial charge on any atom is -0.481 e. The van der Waals surface area contributed by atoms with Gasteiger partial charge >= 0.3 is 5.97 Å². The number of hydrogen-bond acceptors (Lipinski definition) is 3. The highest BCUT2D eigenvalue weighted by atomic mass is 16.5. The third-order valence-electron chi connectivity index (χ3n) is 3.33. The normalized spacial score (nSPS) is 27.4. The molecule has 0 saturated carbocycles. The number of hydrogen-bond donors (Lipinski definition) is 1. The highest BCUT2D eigenvalue weighted by molar-refractivity contribution is 5.80. The Balaban J connectivity index is 1.90. The highest BCUT2D eigenvalue weighted by Crippen LogP contribution is 2.26. The van der Waals surface area contributed by atoms with Gasteiger partial charge in [0.1, 0.15) is 0 Å². The lowest BCUT2D eigenvalue weighted by Gasteiger charge is -2.31. The molecule has 2 aliphatic rings. The third kappa shape index (κ3) is 2.52. The van der Waals surface area contributed by atoms with E-state index in [1.807, 2.05) is 4.90 Å². The summed E-state index contributed by atoms with van der Waals surface area (Å²) in [4.78, 5) is 24.2. The van der Waals surface area contributed by atoms with Crippen molar-refractivity contribution >= 4 is 11.9 Å². The van der Waals surface area contributed by atoms with Crippen LogP contribution in [0, 0.1) is 5.92 Å². The summed E-state index contributed by atoms with van der Waals surface area (Å²) in [6, 6.07) is 0.264. The molecule has 2 fully saturated rings. The van der Waals surface area contributed by atoms with Gasteiger partial charge in [-0.3, -0.25) is 9.59 Å². The lowest BCUT2D eigenvalue weighted by molar-refractivity contribution is -0.138. The summed E-state index contributed by atoms with van der Waals surface area (Å²) in [7, 11) is 0. The van der Waals surface area contributed by atoms with Crippen molar-refractivity contribution in [2.45, 2.75) is 31.7 Å². The molecule has 1 amide bonds. The number of carboxylic acid groups (broad SMARTS) is 1. The second-order valence-electron chi connectivity index (χ2n) is 4.56. The van der Waals surface area contributed by atoms with Crippen molar-refractivity contribution < 1.29 is 19.4 Å². The van der Waals surface area contributed by atoms with Gasteiger partial charge in [-0.1, -0.05) is 0 Å². The Morgan fingerprint density at radius 2 is 2.12 bits per heavy atom. The van der Waals surface area contributed by atoms with Crippen LogP contribution in [0.2, 0.25) is 0 Å². The molecule has 2 aliphatic heterocycles. The molecular formula is C11H17NO4. The number of amides is 1. The quantitative estimate of drug-likeness (QED) is 0.762. The molecule has 0 radical (unpaired) electrons. The summed E-state index contributed by atoms with van der Waals surface area (Å²) >= 11 is 0. The number of likely N-dealkylation sites (tertiary alicyclic amines) is 1. The maximum atomic E-state index is 11.8. The van der Waals surface area contributed by atoms with Gasteiger partial charge in [-0.05, 0) is 18.8 Å². The molecule has 2 heterocycles. The van der Waals surface area contributed by atoms with Gasteiger partial charge in [0.2, 0.25) is 5.91 Å². The van der Waals surface area contributed by atoms with Crippen LogP contribution < -0.4 is 0 Å². The molecule has 5 nitrogen and oxygen atoms in total. The third-order valence-corrected chi connectivity index (χ3v) is 3.33.